The Morgan fingerprint density at radius 2 is 1.89 bits per heavy atom. The predicted molar refractivity (Wildman–Crippen MR) is 73.2 cm³/mol. The van der Waals surface area contributed by atoms with Crippen molar-refractivity contribution in [3.05, 3.63) is 65.2 Å². The van der Waals surface area contributed by atoms with Gasteiger partial charge in [-0.15, -0.1) is 0 Å². The topological polar surface area (TPSA) is 55.1 Å². The molecule has 0 bridgehead atoms. The summed E-state index contributed by atoms with van der Waals surface area (Å²) in [7, 11) is 0. The summed E-state index contributed by atoms with van der Waals surface area (Å²) >= 11 is 0. The molecule has 0 saturated heterocycles. The highest BCUT2D eigenvalue weighted by atomic mass is 16.1. The molecule has 0 heterocycles. The smallest absolute Gasteiger partial charge is 0.251 e. The molecular weight excluding hydrogens is 224 g/mol. The van der Waals surface area contributed by atoms with Gasteiger partial charge in [-0.2, -0.15) is 0 Å². The zero-order chi connectivity index (χ0) is 13.0. The summed E-state index contributed by atoms with van der Waals surface area (Å²) in [6.45, 7) is 2.48. The Bertz CT molecular complexity index is 547. The fourth-order valence-electron chi connectivity index (χ4n) is 1.69. The van der Waals surface area contributed by atoms with Crippen molar-refractivity contribution in [2.45, 2.75) is 13.5 Å². The van der Waals surface area contributed by atoms with Gasteiger partial charge in [0.2, 0.25) is 0 Å². The van der Waals surface area contributed by atoms with Gasteiger partial charge in [-0.1, -0.05) is 29.8 Å². The van der Waals surface area contributed by atoms with Crippen LogP contribution in [0.4, 0.5) is 5.69 Å². The minimum atomic E-state index is -0.0718. The highest BCUT2D eigenvalue weighted by Crippen LogP contribution is 2.07. The lowest BCUT2D eigenvalue weighted by Crippen LogP contribution is -2.22. The van der Waals surface area contributed by atoms with Crippen LogP contribution in [0.3, 0.4) is 0 Å². The Balaban J connectivity index is 1.98. The van der Waals surface area contributed by atoms with Crippen molar-refractivity contribution in [2.75, 3.05) is 5.73 Å². The summed E-state index contributed by atoms with van der Waals surface area (Å²) in [6, 6.07) is 15.0. The molecule has 0 spiro atoms. The average molecular weight is 240 g/mol. The normalized spacial score (nSPS) is 10.1. The number of nitrogen functional groups attached to an aromatic ring is 1. The molecule has 0 radical (unpaired) electrons. The molecule has 3 nitrogen and oxygen atoms in total. The first kappa shape index (κ1) is 12.2. The van der Waals surface area contributed by atoms with Crippen LogP contribution < -0.4 is 11.1 Å². The monoisotopic (exact) mass is 240 g/mol. The van der Waals surface area contributed by atoms with E-state index < -0.39 is 0 Å². The first-order valence-electron chi connectivity index (χ1n) is 5.84. The number of benzene rings is 2. The largest absolute Gasteiger partial charge is 0.399 e. The van der Waals surface area contributed by atoms with Crippen LogP contribution in [0.2, 0.25) is 0 Å². The first-order chi connectivity index (χ1) is 8.65. The molecule has 3 N–H and O–H groups in total. The first-order valence-corrected chi connectivity index (χ1v) is 5.84. The van der Waals surface area contributed by atoms with E-state index in [0.717, 1.165) is 11.1 Å². The van der Waals surface area contributed by atoms with E-state index >= 15 is 0 Å². The zero-order valence-corrected chi connectivity index (χ0v) is 10.3. The number of amides is 1. The van der Waals surface area contributed by atoms with Gasteiger partial charge in [0.05, 0.1) is 0 Å². The van der Waals surface area contributed by atoms with Gasteiger partial charge in [-0.3, -0.25) is 4.79 Å². The molecule has 0 aromatic heterocycles. The second-order valence-electron chi connectivity index (χ2n) is 4.29. The maximum absolute atomic E-state index is 11.9. The summed E-state index contributed by atoms with van der Waals surface area (Å²) in [4.78, 5) is 11.9. The van der Waals surface area contributed by atoms with Crippen LogP contribution in [0, 0.1) is 6.92 Å². The molecule has 1 amide bonds. The number of hydrogen-bond donors (Lipinski definition) is 2. The van der Waals surface area contributed by atoms with Crippen LogP contribution in [0.15, 0.2) is 48.5 Å². The van der Waals surface area contributed by atoms with Gasteiger partial charge >= 0.3 is 0 Å². The average Bonchev–Trinajstić information content (AvgIpc) is 2.37. The van der Waals surface area contributed by atoms with Crippen molar-refractivity contribution in [1.82, 2.24) is 5.32 Å². The van der Waals surface area contributed by atoms with Gasteiger partial charge in [0, 0.05) is 17.8 Å². The molecule has 0 saturated carbocycles. The number of anilines is 1. The number of carbonyl (C=O) groups is 1. The van der Waals surface area contributed by atoms with Crippen LogP contribution in [-0.2, 0) is 6.54 Å². The van der Waals surface area contributed by atoms with E-state index in [4.69, 9.17) is 5.73 Å². The predicted octanol–water partition coefficient (Wildman–Crippen LogP) is 2.51. The van der Waals surface area contributed by atoms with Crippen molar-refractivity contribution in [1.29, 1.82) is 0 Å². The van der Waals surface area contributed by atoms with E-state index in [-0.39, 0.29) is 5.91 Å². The summed E-state index contributed by atoms with van der Waals surface area (Å²) in [6.07, 6.45) is 0. The van der Waals surface area contributed by atoms with Crippen molar-refractivity contribution in [3.8, 4) is 0 Å². The summed E-state index contributed by atoms with van der Waals surface area (Å²) < 4.78 is 0. The molecule has 18 heavy (non-hydrogen) atoms. The fourth-order valence-corrected chi connectivity index (χ4v) is 1.69. The Morgan fingerprint density at radius 1 is 1.17 bits per heavy atom. The van der Waals surface area contributed by atoms with Crippen molar-refractivity contribution in [2.24, 2.45) is 0 Å². The molecule has 2 aromatic carbocycles. The lowest BCUT2D eigenvalue weighted by Gasteiger charge is -2.06. The Morgan fingerprint density at radius 3 is 2.56 bits per heavy atom. The van der Waals surface area contributed by atoms with E-state index in [1.165, 1.54) is 0 Å². The molecule has 2 rings (SSSR count). The van der Waals surface area contributed by atoms with Crippen molar-refractivity contribution < 1.29 is 4.79 Å². The number of aryl methyl sites for hydroxylation is 1. The van der Waals surface area contributed by atoms with Gasteiger partial charge in [0.1, 0.15) is 0 Å². The van der Waals surface area contributed by atoms with Crippen LogP contribution in [-0.4, -0.2) is 5.91 Å². The molecule has 0 aliphatic heterocycles. The molecule has 92 valence electrons. The number of rotatable bonds is 3. The van der Waals surface area contributed by atoms with Gasteiger partial charge in [-0.05, 0) is 36.8 Å². The van der Waals surface area contributed by atoms with Crippen LogP contribution in [0.25, 0.3) is 0 Å². The van der Waals surface area contributed by atoms with E-state index in [9.17, 15) is 4.79 Å². The Kier molecular flexibility index (Phi) is 3.63. The lowest BCUT2D eigenvalue weighted by atomic mass is 10.1. The third kappa shape index (κ3) is 3.10. The second-order valence-corrected chi connectivity index (χ2v) is 4.29. The van der Waals surface area contributed by atoms with Gasteiger partial charge < -0.3 is 11.1 Å². The van der Waals surface area contributed by atoms with Gasteiger partial charge in [-0.25, -0.2) is 0 Å². The minimum Gasteiger partial charge on any atom is -0.399 e. The zero-order valence-electron chi connectivity index (χ0n) is 10.3. The third-order valence-corrected chi connectivity index (χ3v) is 2.72. The van der Waals surface area contributed by atoms with E-state index in [1.54, 1.807) is 0 Å². The number of nitrogens with two attached hydrogens (primary N) is 1. The van der Waals surface area contributed by atoms with E-state index in [0.29, 0.717) is 17.8 Å². The fraction of sp³-hybridized carbons (Fsp3) is 0.133. The highest BCUT2D eigenvalue weighted by molar-refractivity contribution is 5.94. The summed E-state index contributed by atoms with van der Waals surface area (Å²) in [5.41, 5.74) is 9.19. The molecule has 0 fully saturated rings. The molecule has 0 aliphatic rings. The third-order valence-electron chi connectivity index (χ3n) is 2.72. The molecule has 3 heteroatoms. The quantitative estimate of drug-likeness (QED) is 0.810. The highest BCUT2D eigenvalue weighted by Gasteiger charge is 2.04. The van der Waals surface area contributed by atoms with Gasteiger partial charge in [0.15, 0.2) is 0 Å². The summed E-state index contributed by atoms with van der Waals surface area (Å²) in [5.74, 6) is -0.0718. The summed E-state index contributed by atoms with van der Waals surface area (Å²) in [5, 5.41) is 2.87. The minimum absolute atomic E-state index is 0.0718. The number of nitrogens with one attached hydrogen (secondary N) is 1. The maximum atomic E-state index is 11.9. The van der Waals surface area contributed by atoms with E-state index in [2.05, 4.69) is 5.32 Å². The van der Waals surface area contributed by atoms with Crippen LogP contribution in [0.1, 0.15) is 21.5 Å². The van der Waals surface area contributed by atoms with Crippen LogP contribution >= 0.6 is 0 Å². The molecular formula is C15H16N2O. The lowest BCUT2D eigenvalue weighted by molar-refractivity contribution is 0.0951. The van der Waals surface area contributed by atoms with Gasteiger partial charge in [0.25, 0.3) is 5.91 Å². The Labute approximate surface area is 107 Å². The molecule has 0 atom stereocenters. The SMILES string of the molecule is Cc1ccc(C(=O)NCc2cccc(N)c2)cc1. The van der Waals surface area contributed by atoms with Crippen molar-refractivity contribution >= 4 is 11.6 Å². The number of hydrogen-bond acceptors (Lipinski definition) is 2. The Hall–Kier alpha value is -2.29. The standard InChI is InChI=1S/C15H16N2O/c1-11-5-7-13(8-6-11)15(18)17-10-12-3-2-4-14(16)9-12/h2-9H,10,16H2,1H3,(H,17,18). The molecule has 2 aromatic rings. The van der Waals surface area contributed by atoms with Crippen LogP contribution in [0.5, 0.6) is 0 Å². The molecule has 0 unspecified atom stereocenters. The maximum Gasteiger partial charge on any atom is 0.251 e. The number of carbonyl (C=O) groups excluding carboxylic acids is 1. The molecule has 0 aliphatic carbocycles. The van der Waals surface area contributed by atoms with E-state index in [1.807, 2.05) is 55.5 Å². The second kappa shape index (κ2) is 5.36. The van der Waals surface area contributed by atoms with Crippen molar-refractivity contribution in [3.63, 3.8) is 0 Å².